The van der Waals surface area contributed by atoms with Crippen molar-refractivity contribution in [3.8, 4) is 0 Å². The summed E-state index contributed by atoms with van der Waals surface area (Å²) in [6, 6.07) is 3.07. The van der Waals surface area contributed by atoms with Crippen LogP contribution in [0.15, 0.2) is 35.5 Å². The molecule has 1 aromatic rings. The fraction of sp³-hybridized carbons (Fsp3) is 0.467. The van der Waals surface area contributed by atoms with Crippen LogP contribution >= 0.6 is 0 Å². The number of hydrogen-bond donors (Lipinski definition) is 1. The molecule has 0 aliphatic rings. The second kappa shape index (κ2) is 8.97. The van der Waals surface area contributed by atoms with Crippen molar-refractivity contribution >= 4 is 11.9 Å². The van der Waals surface area contributed by atoms with Crippen LogP contribution in [0.4, 0.5) is 0 Å². The summed E-state index contributed by atoms with van der Waals surface area (Å²) in [4.78, 5) is 25.4. The van der Waals surface area contributed by atoms with Crippen LogP contribution in [0.2, 0.25) is 0 Å². The summed E-state index contributed by atoms with van der Waals surface area (Å²) < 4.78 is 10.1. The molecule has 0 aliphatic heterocycles. The fourth-order valence-corrected chi connectivity index (χ4v) is 1.80. The SMILES string of the molecule is C=CCN(CC(=O)OCC)C(C)C(=O)NCc1ccco1. The Bertz CT molecular complexity index is 456. The van der Waals surface area contributed by atoms with Gasteiger partial charge in [0.05, 0.1) is 32.0 Å². The van der Waals surface area contributed by atoms with E-state index in [4.69, 9.17) is 9.15 Å². The molecule has 1 unspecified atom stereocenters. The van der Waals surface area contributed by atoms with Crippen molar-refractivity contribution in [1.29, 1.82) is 0 Å². The summed E-state index contributed by atoms with van der Waals surface area (Å²) >= 11 is 0. The monoisotopic (exact) mass is 294 g/mol. The molecule has 0 spiro atoms. The molecule has 116 valence electrons. The normalized spacial score (nSPS) is 12.0. The number of furan rings is 1. The lowest BCUT2D eigenvalue weighted by molar-refractivity contribution is -0.145. The van der Waals surface area contributed by atoms with Gasteiger partial charge in [0.1, 0.15) is 5.76 Å². The molecule has 0 aliphatic carbocycles. The Hall–Kier alpha value is -2.08. The maximum Gasteiger partial charge on any atom is 0.320 e. The molecule has 1 atom stereocenters. The van der Waals surface area contributed by atoms with Crippen molar-refractivity contribution < 1.29 is 18.7 Å². The van der Waals surface area contributed by atoms with Gasteiger partial charge in [-0.2, -0.15) is 0 Å². The van der Waals surface area contributed by atoms with Crippen molar-refractivity contribution in [1.82, 2.24) is 10.2 Å². The molecule has 0 aromatic carbocycles. The molecule has 1 heterocycles. The first-order valence-electron chi connectivity index (χ1n) is 6.89. The second-order valence-corrected chi connectivity index (χ2v) is 4.50. The zero-order valence-electron chi connectivity index (χ0n) is 12.5. The number of nitrogens with zero attached hydrogens (tertiary/aromatic N) is 1. The summed E-state index contributed by atoms with van der Waals surface area (Å²) in [7, 11) is 0. The lowest BCUT2D eigenvalue weighted by Crippen LogP contribution is -2.47. The molecular formula is C15H22N2O4. The van der Waals surface area contributed by atoms with Crippen LogP contribution in [0.25, 0.3) is 0 Å². The number of hydrogen-bond acceptors (Lipinski definition) is 5. The van der Waals surface area contributed by atoms with Crippen LogP contribution in [0.1, 0.15) is 19.6 Å². The van der Waals surface area contributed by atoms with Gasteiger partial charge in [-0.25, -0.2) is 0 Å². The van der Waals surface area contributed by atoms with Crippen LogP contribution in [0.3, 0.4) is 0 Å². The van der Waals surface area contributed by atoms with E-state index < -0.39 is 6.04 Å². The van der Waals surface area contributed by atoms with Gasteiger partial charge in [-0.1, -0.05) is 6.08 Å². The molecule has 6 heteroatoms. The highest BCUT2D eigenvalue weighted by atomic mass is 16.5. The summed E-state index contributed by atoms with van der Waals surface area (Å²) in [5, 5.41) is 2.77. The van der Waals surface area contributed by atoms with Crippen LogP contribution in [0, 0.1) is 0 Å². The molecule has 0 radical (unpaired) electrons. The van der Waals surface area contributed by atoms with E-state index in [0.29, 0.717) is 25.5 Å². The lowest BCUT2D eigenvalue weighted by atomic mass is 10.2. The Morgan fingerprint density at radius 3 is 2.90 bits per heavy atom. The minimum absolute atomic E-state index is 0.0508. The van der Waals surface area contributed by atoms with Gasteiger partial charge in [0.25, 0.3) is 0 Å². The van der Waals surface area contributed by atoms with Gasteiger partial charge >= 0.3 is 5.97 Å². The Morgan fingerprint density at radius 1 is 1.57 bits per heavy atom. The van der Waals surface area contributed by atoms with Gasteiger partial charge in [0.2, 0.25) is 5.91 Å². The van der Waals surface area contributed by atoms with Crippen molar-refractivity contribution in [3.05, 3.63) is 36.8 Å². The van der Waals surface area contributed by atoms with Crippen LogP contribution in [0.5, 0.6) is 0 Å². The van der Waals surface area contributed by atoms with Gasteiger partial charge < -0.3 is 14.5 Å². The van der Waals surface area contributed by atoms with Gasteiger partial charge in [-0.15, -0.1) is 6.58 Å². The van der Waals surface area contributed by atoms with Crippen molar-refractivity contribution in [3.63, 3.8) is 0 Å². The summed E-state index contributed by atoms with van der Waals surface area (Å²) in [6.07, 6.45) is 3.20. The predicted molar refractivity (Wildman–Crippen MR) is 78.4 cm³/mol. The molecule has 21 heavy (non-hydrogen) atoms. The van der Waals surface area contributed by atoms with E-state index in [0.717, 1.165) is 0 Å². The molecule has 1 aromatic heterocycles. The summed E-state index contributed by atoms with van der Waals surface area (Å²) in [5.74, 6) is 0.138. The number of ether oxygens (including phenoxy) is 1. The smallest absolute Gasteiger partial charge is 0.320 e. The number of carbonyl (C=O) groups excluding carboxylic acids is 2. The van der Waals surface area contributed by atoms with E-state index in [1.807, 2.05) is 0 Å². The number of esters is 1. The zero-order chi connectivity index (χ0) is 15.7. The predicted octanol–water partition coefficient (Wildman–Crippen LogP) is 1.34. The Morgan fingerprint density at radius 2 is 2.33 bits per heavy atom. The lowest BCUT2D eigenvalue weighted by Gasteiger charge is -2.25. The molecule has 1 rings (SSSR count). The van der Waals surface area contributed by atoms with Crippen LogP contribution in [-0.4, -0.2) is 42.5 Å². The molecule has 1 N–H and O–H groups in total. The second-order valence-electron chi connectivity index (χ2n) is 4.50. The zero-order valence-corrected chi connectivity index (χ0v) is 12.5. The largest absolute Gasteiger partial charge is 0.467 e. The fourth-order valence-electron chi connectivity index (χ4n) is 1.80. The molecule has 0 saturated carbocycles. The number of rotatable bonds is 9. The van der Waals surface area contributed by atoms with E-state index in [1.165, 1.54) is 0 Å². The molecule has 0 fully saturated rings. The van der Waals surface area contributed by atoms with Gasteiger partial charge in [0.15, 0.2) is 0 Å². The Balaban J connectivity index is 2.53. The third kappa shape index (κ3) is 5.83. The summed E-state index contributed by atoms with van der Waals surface area (Å²) in [6.45, 7) is 8.24. The minimum Gasteiger partial charge on any atom is -0.467 e. The average molecular weight is 294 g/mol. The van der Waals surface area contributed by atoms with Gasteiger partial charge in [-0.3, -0.25) is 14.5 Å². The minimum atomic E-state index is -0.470. The molecule has 6 nitrogen and oxygen atoms in total. The molecule has 1 amide bonds. The maximum absolute atomic E-state index is 12.1. The highest BCUT2D eigenvalue weighted by Gasteiger charge is 2.22. The van der Waals surface area contributed by atoms with Crippen molar-refractivity contribution in [2.24, 2.45) is 0 Å². The van der Waals surface area contributed by atoms with Crippen LogP contribution < -0.4 is 5.32 Å². The van der Waals surface area contributed by atoms with Gasteiger partial charge in [0, 0.05) is 6.54 Å². The highest BCUT2D eigenvalue weighted by molar-refractivity contribution is 5.82. The third-order valence-electron chi connectivity index (χ3n) is 2.95. The average Bonchev–Trinajstić information content (AvgIpc) is 2.97. The summed E-state index contributed by atoms with van der Waals surface area (Å²) in [5.41, 5.74) is 0. The first kappa shape index (κ1) is 17.0. The van der Waals surface area contributed by atoms with E-state index in [1.54, 1.807) is 43.2 Å². The molecular weight excluding hydrogens is 272 g/mol. The number of amides is 1. The maximum atomic E-state index is 12.1. The Labute approximate surface area is 124 Å². The van der Waals surface area contributed by atoms with Crippen molar-refractivity contribution in [2.75, 3.05) is 19.7 Å². The standard InChI is InChI=1S/C15H22N2O4/c1-4-8-17(11-14(18)20-5-2)12(3)15(19)16-10-13-7-6-9-21-13/h4,6-7,9,12H,1,5,8,10-11H2,2-3H3,(H,16,19). The first-order valence-corrected chi connectivity index (χ1v) is 6.89. The number of carbonyl (C=O) groups is 2. The van der Waals surface area contributed by atoms with E-state index >= 15 is 0 Å². The molecule has 0 saturated heterocycles. The van der Waals surface area contributed by atoms with Crippen molar-refractivity contribution in [2.45, 2.75) is 26.4 Å². The first-order chi connectivity index (χ1) is 10.1. The van der Waals surface area contributed by atoms with Gasteiger partial charge in [-0.05, 0) is 26.0 Å². The Kier molecular flexibility index (Phi) is 7.25. The quantitative estimate of drug-likeness (QED) is 0.549. The number of nitrogens with one attached hydrogen (secondary N) is 1. The van der Waals surface area contributed by atoms with E-state index in [9.17, 15) is 9.59 Å². The topological polar surface area (TPSA) is 71.8 Å². The van der Waals surface area contributed by atoms with E-state index in [2.05, 4.69) is 11.9 Å². The third-order valence-corrected chi connectivity index (χ3v) is 2.95. The van der Waals surface area contributed by atoms with Crippen LogP contribution in [-0.2, 0) is 20.9 Å². The van der Waals surface area contributed by atoms with E-state index in [-0.39, 0.29) is 18.4 Å². The molecule has 0 bridgehead atoms. The highest BCUT2D eigenvalue weighted by Crippen LogP contribution is 2.03.